The molecule has 0 spiro atoms. The van der Waals surface area contributed by atoms with Crippen LogP contribution in [0.25, 0.3) is 0 Å². The molecular weight excluding hydrogens is 271 g/mol. The van der Waals surface area contributed by atoms with Gasteiger partial charge in [0.1, 0.15) is 17.6 Å². The number of ether oxygens (including phenoxy) is 2. The van der Waals surface area contributed by atoms with Crippen LogP contribution in [0, 0.1) is 0 Å². The quantitative estimate of drug-likeness (QED) is 0.925. The second-order valence-electron chi connectivity index (χ2n) is 3.75. The number of rotatable bonds is 3. The van der Waals surface area contributed by atoms with Gasteiger partial charge in [-0.25, -0.2) is 0 Å². The number of halogens is 4. The molecule has 1 aliphatic heterocycles. The van der Waals surface area contributed by atoms with E-state index in [1.807, 2.05) is 0 Å². The zero-order chi connectivity index (χ0) is 12.3. The predicted molar refractivity (Wildman–Crippen MR) is 62.3 cm³/mol. The summed E-state index contributed by atoms with van der Waals surface area (Å²) in [5.41, 5.74) is 0. The number of alkyl halides is 3. The number of hydrogen-bond donors (Lipinski definition) is 1. The lowest BCUT2D eigenvalue weighted by atomic mass is 10.3. The van der Waals surface area contributed by atoms with Crippen molar-refractivity contribution in [2.24, 2.45) is 0 Å². The third kappa shape index (κ3) is 4.62. The maximum atomic E-state index is 11.9. The summed E-state index contributed by atoms with van der Waals surface area (Å²) in [6.45, 7) is 1.67. The molecule has 1 aromatic carbocycles. The topological polar surface area (TPSA) is 30.5 Å². The summed E-state index contributed by atoms with van der Waals surface area (Å²) in [5, 5.41) is 3.14. The van der Waals surface area contributed by atoms with Gasteiger partial charge in [0, 0.05) is 6.54 Å². The second-order valence-corrected chi connectivity index (χ2v) is 3.75. The van der Waals surface area contributed by atoms with Crippen LogP contribution in [0.3, 0.4) is 0 Å². The van der Waals surface area contributed by atoms with Gasteiger partial charge < -0.3 is 14.8 Å². The summed E-state index contributed by atoms with van der Waals surface area (Å²) < 4.78 is 45.0. The van der Waals surface area contributed by atoms with Gasteiger partial charge in [-0.05, 0) is 37.2 Å². The summed E-state index contributed by atoms with van der Waals surface area (Å²) in [6, 6.07) is 5.43. The van der Waals surface area contributed by atoms with Crippen molar-refractivity contribution in [1.29, 1.82) is 0 Å². The van der Waals surface area contributed by atoms with Crippen molar-refractivity contribution in [3.8, 4) is 11.5 Å². The molecule has 0 aliphatic carbocycles. The molecule has 0 amide bonds. The Labute approximate surface area is 109 Å². The summed E-state index contributed by atoms with van der Waals surface area (Å²) >= 11 is 0. The fraction of sp³-hybridized carbons (Fsp3) is 0.455. The molecular formula is C11H13ClF3NO2. The number of benzene rings is 1. The fourth-order valence-corrected chi connectivity index (χ4v) is 1.64. The molecule has 7 heteroatoms. The van der Waals surface area contributed by atoms with Crippen molar-refractivity contribution in [1.82, 2.24) is 5.32 Å². The molecule has 0 bridgehead atoms. The van der Waals surface area contributed by atoms with Crippen molar-refractivity contribution in [3.63, 3.8) is 0 Å². The molecule has 0 aromatic heterocycles. The van der Waals surface area contributed by atoms with E-state index in [-0.39, 0.29) is 24.3 Å². The van der Waals surface area contributed by atoms with Crippen molar-refractivity contribution in [2.45, 2.75) is 18.9 Å². The highest BCUT2D eigenvalue weighted by atomic mass is 35.5. The van der Waals surface area contributed by atoms with E-state index in [4.69, 9.17) is 4.74 Å². The monoisotopic (exact) mass is 283 g/mol. The Hall–Kier alpha value is -1.14. The minimum atomic E-state index is -4.66. The van der Waals surface area contributed by atoms with Crippen LogP contribution in [0.15, 0.2) is 24.3 Å². The summed E-state index contributed by atoms with van der Waals surface area (Å²) in [6.07, 6.45) is -3.66. The highest BCUT2D eigenvalue weighted by Crippen LogP contribution is 2.25. The summed E-state index contributed by atoms with van der Waals surface area (Å²) in [5.74, 6) is 0.308. The van der Waals surface area contributed by atoms with E-state index >= 15 is 0 Å². The molecule has 1 aliphatic rings. The van der Waals surface area contributed by atoms with Gasteiger partial charge in [-0.1, -0.05) is 0 Å². The zero-order valence-electron chi connectivity index (χ0n) is 9.37. The van der Waals surface area contributed by atoms with Gasteiger partial charge in [0.05, 0.1) is 0 Å². The van der Waals surface area contributed by atoms with Gasteiger partial charge >= 0.3 is 6.36 Å². The first-order valence-electron chi connectivity index (χ1n) is 5.26. The molecule has 2 rings (SSSR count). The van der Waals surface area contributed by atoms with Crippen LogP contribution >= 0.6 is 12.4 Å². The third-order valence-electron chi connectivity index (χ3n) is 2.38. The van der Waals surface area contributed by atoms with Gasteiger partial charge in [-0.3, -0.25) is 0 Å². The van der Waals surface area contributed by atoms with Gasteiger partial charge in [0.15, 0.2) is 0 Å². The van der Waals surface area contributed by atoms with Crippen molar-refractivity contribution < 1.29 is 22.6 Å². The van der Waals surface area contributed by atoms with Crippen LogP contribution in [0.1, 0.15) is 6.42 Å². The first-order valence-corrected chi connectivity index (χ1v) is 5.26. The Morgan fingerprint density at radius 3 is 2.22 bits per heavy atom. The van der Waals surface area contributed by atoms with Crippen LogP contribution in [0.5, 0.6) is 11.5 Å². The lowest BCUT2D eigenvalue weighted by molar-refractivity contribution is -0.274. The lowest BCUT2D eigenvalue weighted by Crippen LogP contribution is -2.19. The van der Waals surface area contributed by atoms with Crippen LogP contribution in [-0.2, 0) is 0 Å². The Morgan fingerprint density at radius 2 is 1.72 bits per heavy atom. The number of nitrogens with one attached hydrogen (secondary N) is 1. The Kier molecular flexibility index (Phi) is 5.10. The van der Waals surface area contributed by atoms with E-state index in [2.05, 4.69) is 10.1 Å². The minimum absolute atomic E-state index is 0. The van der Waals surface area contributed by atoms with Crippen LogP contribution in [-0.4, -0.2) is 25.6 Å². The maximum Gasteiger partial charge on any atom is 0.573 e. The van der Waals surface area contributed by atoms with Crippen LogP contribution in [0.4, 0.5) is 13.2 Å². The largest absolute Gasteiger partial charge is 0.573 e. The highest BCUT2D eigenvalue weighted by molar-refractivity contribution is 5.85. The average Bonchev–Trinajstić information content (AvgIpc) is 2.71. The average molecular weight is 284 g/mol. The molecule has 18 heavy (non-hydrogen) atoms. The molecule has 1 N–H and O–H groups in total. The summed E-state index contributed by atoms with van der Waals surface area (Å²) in [7, 11) is 0. The van der Waals surface area contributed by atoms with E-state index in [1.165, 1.54) is 24.3 Å². The first kappa shape index (κ1) is 14.9. The fourth-order valence-electron chi connectivity index (χ4n) is 1.64. The van der Waals surface area contributed by atoms with Gasteiger partial charge in [0.25, 0.3) is 0 Å². The third-order valence-corrected chi connectivity index (χ3v) is 2.38. The highest BCUT2D eigenvalue weighted by Gasteiger charge is 2.31. The zero-order valence-corrected chi connectivity index (χ0v) is 10.2. The molecule has 1 unspecified atom stereocenters. The van der Waals surface area contributed by atoms with Gasteiger partial charge in [0.2, 0.25) is 0 Å². The van der Waals surface area contributed by atoms with Crippen LogP contribution < -0.4 is 14.8 Å². The predicted octanol–water partition coefficient (Wildman–Crippen LogP) is 2.75. The molecule has 1 saturated heterocycles. The summed E-state index contributed by atoms with van der Waals surface area (Å²) in [4.78, 5) is 0. The van der Waals surface area contributed by atoms with E-state index in [0.717, 1.165) is 19.5 Å². The smallest absolute Gasteiger partial charge is 0.489 e. The Bertz CT molecular complexity index is 364. The van der Waals surface area contributed by atoms with Crippen molar-refractivity contribution in [3.05, 3.63) is 24.3 Å². The van der Waals surface area contributed by atoms with Gasteiger partial charge in [-0.2, -0.15) is 0 Å². The molecule has 0 saturated carbocycles. The minimum Gasteiger partial charge on any atom is -0.489 e. The normalized spacial score (nSPS) is 19.2. The van der Waals surface area contributed by atoms with Crippen LogP contribution in [0.2, 0.25) is 0 Å². The van der Waals surface area contributed by atoms with E-state index in [9.17, 15) is 13.2 Å². The second kappa shape index (κ2) is 6.15. The van der Waals surface area contributed by atoms with Crippen molar-refractivity contribution in [2.75, 3.05) is 13.1 Å². The molecule has 0 radical (unpaired) electrons. The van der Waals surface area contributed by atoms with Gasteiger partial charge in [-0.15, -0.1) is 25.6 Å². The lowest BCUT2D eigenvalue weighted by Gasteiger charge is -2.13. The first-order chi connectivity index (χ1) is 8.03. The Balaban J connectivity index is 0.00000162. The Morgan fingerprint density at radius 1 is 1.11 bits per heavy atom. The van der Waals surface area contributed by atoms with E-state index in [1.54, 1.807) is 0 Å². The molecule has 3 nitrogen and oxygen atoms in total. The SMILES string of the molecule is Cl.FC(F)(F)Oc1ccc(OC2CCNC2)cc1. The standard InChI is InChI=1S/C11H12F3NO2.ClH/c12-11(13,14)17-9-3-1-8(2-4-9)16-10-5-6-15-7-10;/h1-4,10,15H,5-7H2;1H. The van der Waals surface area contributed by atoms with E-state index < -0.39 is 6.36 Å². The maximum absolute atomic E-state index is 11.9. The molecule has 1 heterocycles. The molecule has 1 aromatic rings. The molecule has 102 valence electrons. The molecule has 1 atom stereocenters. The number of hydrogen-bond acceptors (Lipinski definition) is 3. The van der Waals surface area contributed by atoms with E-state index in [0.29, 0.717) is 5.75 Å². The van der Waals surface area contributed by atoms with Crippen molar-refractivity contribution >= 4 is 12.4 Å². The molecule has 1 fully saturated rings.